The van der Waals surface area contributed by atoms with Crippen molar-refractivity contribution in [2.75, 3.05) is 18.9 Å². The lowest BCUT2D eigenvalue weighted by Gasteiger charge is -2.26. The molecule has 5 heterocycles. The highest BCUT2D eigenvalue weighted by Crippen LogP contribution is 2.58. The monoisotopic (exact) mass is 664 g/mol. The average molecular weight is 664 g/mol. The Morgan fingerprint density at radius 2 is 1.73 bits per heavy atom. The molecule has 8 N–H and O–H groups in total. The number of hydrogen-bond donors (Lipinski definition) is 7. The molecule has 21 nitrogen and oxygen atoms in total. The highest BCUT2D eigenvalue weighted by Gasteiger charge is 2.49. The number of aromatic nitrogens is 5. The van der Waals surface area contributed by atoms with Crippen molar-refractivity contribution in [3.8, 4) is 0 Å². The highest BCUT2D eigenvalue weighted by atomic mass is 31.3. The largest absolute Gasteiger partial charge is 0.756 e. The average Bonchev–Trinajstić information content (AvgIpc) is 3.61. The predicted octanol–water partition coefficient (Wildman–Crippen LogP) is -3.05. The lowest BCUT2D eigenvalue weighted by Crippen LogP contribution is -2.46. The molecule has 0 saturated carbocycles. The summed E-state index contributed by atoms with van der Waals surface area (Å²) < 4.78 is 51.3. The van der Waals surface area contributed by atoms with Gasteiger partial charge in [-0.25, -0.2) is 28.6 Å². The minimum absolute atomic E-state index is 0.0405. The maximum absolute atomic E-state index is 12.4. The minimum atomic E-state index is -5.63. The van der Waals surface area contributed by atoms with E-state index in [0.717, 1.165) is 17.1 Å². The van der Waals surface area contributed by atoms with Crippen molar-refractivity contribution in [1.82, 2.24) is 19.5 Å². The maximum atomic E-state index is 12.4. The third-order valence-corrected chi connectivity index (χ3v) is 9.27. The number of rotatable bonds is 11. The van der Waals surface area contributed by atoms with E-state index < -0.39 is 83.9 Å². The number of nitrogen functional groups attached to an aromatic ring is 1. The van der Waals surface area contributed by atoms with Gasteiger partial charge in [-0.3, -0.25) is 13.7 Å². The number of anilines is 1. The first-order valence-electron chi connectivity index (χ1n) is 12.5. The number of carboxylic acids is 1. The molecule has 0 spiro atoms. The number of nitrogens with two attached hydrogens (primary N) is 1. The van der Waals surface area contributed by atoms with Gasteiger partial charge in [0, 0.05) is 6.07 Å². The summed E-state index contributed by atoms with van der Waals surface area (Å²) in [4.78, 5) is 45.3. The van der Waals surface area contributed by atoms with Gasteiger partial charge >= 0.3 is 13.8 Å². The number of phosphoric ester groups is 2. The van der Waals surface area contributed by atoms with Crippen molar-refractivity contribution >= 4 is 38.6 Å². The van der Waals surface area contributed by atoms with Crippen LogP contribution in [0.4, 0.5) is 5.82 Å². The molecule has 0 amide bonds. The van der Waals surface area contributed by atoms with Gasteiger partial charge < -0.3 is 55.1 Å². The van der Waals surface area contributed by atoms with Gasteiger partial charge in [0.15, 0.2) is 36.2 Å². The van der Waals surface area contributed by atoms with Crippen LogP contribution in [-0.2, 0) is 32.0 Å². The summed E-state index contributed by atoms with van der Waals surface area (Å²) >= 11 is 0. The topological polar surface area (TPSA) is 315 Å². The molecule has 3 aromatic rings. The van der Waals surface area contributed by atoms with Crippen LogP contribution in [0.3, 0.4) is 0 Å². The molecular weight excluding hydrogens is 638 g/mol. The Kier molecular flexibility index (Phi) is 9.13. The SMILES string of the molecule is Nc1ncnc2c1ncn2C1OC(COP(=O)(O)OP(=O)([O-])OCC2OC([n+]3cccc(C(=O)O)c3)C(O)C2O)C(O)C1O. The van der Waals surface area contributed by atoms with Gasteiger partial charge in [0.05, 0.1) is 19.5 Å². The van der Waals surface area contributed by atoms with Gasteiger partial charge in [-0.15, -0.1) is 0 Å². The van der Waals surface area contributed by atoms with Crippen LogP contribution in [0, 0.1) is 0 Å². The number of fused-ring (bicyclic) bond motifs is 1. The summed E-state index contributed by atoms with van der Waals surface area (Å²) in [6, 6.07) is 2.61. The van der Waals surface area contributed by atoms with Crippen molar-refractivity contribution in [3.05, 3.63) is 42.7 Å². The van der Waals surface area contributed by atoms with E-state index in [-0.39, 0.29) is 22.5 Å². The number of nitrogens with zero attached hydrogens (tertiary/aromatic N) is 5. The van der Waals surface area contributed by atoms with Crippen molar-refractivity contribution < 1.29 is 76.6 Å². The third kappa shape index (κ3) is 6.65. The smallest absolute Gasteiger partial charge is 0.478 e. The summed E-state index contributed by atoms with van der Waals surface area (Å²) in [5.74, 6) is -1.23. The molecule has 0 bridgehead atoms. The van der Waals surface area contributed by atoms with E-state index in [1.807, 2.05) is 0 Å². The molecule has 2 aliphatic heterocycles. The van der Waals surface area contributed by atoms with Gasteiger partial charge in [-0.1, -0.05) is 0 Å². The Labute approximate surface area is 245 Å². The quantitative estimate of drug-likeness (QED) is 0.0790. The number of carbonyl (C=O) groups is 1. The minimum Gasteiger partial charge on any atom is -0.756 e. The van der Waals surface area contributed by atoms with Gasteiger partial charge in [0.25, 0.3) is 14.1 Å². The first-order valence-corrected chi connectivity index (χ1v) is 15.5. The summed E-state index contributed by atoms with van der Waals surface area (Å²) in [6.45, 7) is -1.92. The summed E-state index contributed by atoms with van der Waals surface area (Å²) in [7, 11) is -11.1. The van der Waals surface area contributed by atoms with E-state index in [4.69, 9.17) is 20.3 Å². The normalized spacial score (nSPS) is 31.6. The lowest BCUT2D eigenvalue weighted by atomic mass is 10.1. The number of ether oxygens (including phenoxy) is 2. The number of aliphatic hydroxyl groups excluding tert-OH is 4. The Hall–Kier alpha value is -3.01. The van der Waals surface area contributed by atoms with E-state index in [2.05, 4.69) is 28.3 Å². The number of aliphatic hydroxyl groups is 4. The second-order valence-electron chi connectivity index (χ2n) is 9.61. The predicted molar refractivity (Wildman–Crippen MR) is 136 cm³/mol. The van der Waals surface area contributed by atoms with E-state index >= 15 is 0 Å². The van der Waals surface area contributed by atoms with Gasteiger partial charge in [0.1, 0.15) is 47.9 Å². The van der Waals surface area contributed by atoms with Crippen LogP contribution >= 0.6 is 15.6 Å². The number of hydrogen-bond acceptors (Lipinski definition) is 17. The van der Waals surface area contributed by atoms with Crippen molar-refractivity contribution in [2.24, 2.45) is 0 Å². The van der Waals surface area contributed by atoms with Crippen LogP contribution < -0.4 is 15.2 Å². The Morgan fingerprint density at radius 1 is 1.05 bits per heavy atom. The van der Waals surface area contributed by atoms with Crippen LogP contribution in [0.25, 0.3) is 11.2 Å². The van der Waals surface area contributed by atoms with Gasteiger partial charge in [0.2, 0.25) is 0 Å². The zero-order chi connectivity index (χ0) is 32.0. The third-order valence-electron chi connectivity index (χ3n) is 6.70. The standard InChI is InChI=1S/C21H26N6O15P2/c22-17-12-18(24-7-23-17)27(8-25-12)20-16(31)14(29)11(41-20)6-39-44(36,37)42-43(34,35)38-5-10-13(28)15(30)19(40-10)26-3-1-2-9(4-26)21(32)33/h1-4,7-8,10-11,13-16,19-20,28-31H,5-6H2,(H4-,22,23,24,32,33,34,35,36,37). The fraction of sp³-hybridized carbons (Fsp3) is 0.476. The lowest BCUT2D eigenvalue weighted by molar-refractivity contribution is -0.765. The summed E-state index contributed by atoms with van der Waals surface area (Å²) in [5, 5.41) is 50.6. The number of pyridine rings is 1. The van der Waals surface area contributed by atoms with Crippen molar-refractivity contribution in [2.45, 2.75) is 49.1 Å². The maximum Gasteiger partial charge on any atom is 0.478 e. The molecule has 0 aliphatic carbocycles. The number of phosphoric acid groups is 2. The molecule has 5 rings (SSSR count). The zero-order valence-corrected chi connectivity index (χ0v) is 23.9. The Morgan fingerprint density at radius 3 is 2.45 bits per heavy atom. The molecule has 10 unspecified atom stereocenters. The second kappa shape index (κ2) is 12.4. The Balaban J connectivity index is 1.16. The van der Waals surface area contributed by atoms with Crippen LogP contribution in [0.2, 0.25) is 0 Å². The molecule has 2 fully saturated rings. The van der Waals surface area contributed by atoms with E-state index in [0.29, 0.717) is 0 Å². The van der Waals surface area contributed by atoms with Crippen LogP contribution in [0.1, 0.15) is 22.8 Å². The van der Waals surface area contributed by atoms with Crippen LogP contribution in [0.5, 0.6) is 0 Å². The van der Waals surface area contributed by atoms with E-state index in [1.165, 1.54) is 29.2 Å². The molecule has 240 valence electrons. The molecule has 23 heteroatoms. The van der Waals surface area contributed by atoms with E-state index in [9.17, 15) is 44.1 Å². The van der Waals surface area contributed by atoms with Crippen molar-refractivity contribution in [3.63, 3.8) is 0 Å². The number of carboxylic acid groups (broad SMARTS) is 1. The first kappa shape index (κ1) is 32.4. The molecule has 3 aromatic heterocycles. The molecule has 0 radical (unpaired) electrons. The number of aromatic carboxylic acids is 1. The summed E-state index contributed by atoms with van der Waals surface area (Å²) in [6.07, 6.45) is -7.43. The molecule has 0 aromatic carbocycles. The molecule has 2 saturated heterocycles. The van der Waals surface area contributed by atoms with Crippen LogP contribution in [0.15, 0.2) is 37.2 Å². The fourth-order valence-electron chi connectivity index (χ4n) is 4.55. The molecular formula is C21H26N6O15P2. The van der Waals surface area contributed by atoms with E-state index in [1.54, 1.807) is 0 Å². The second-order valence-corrected chi connectivity index (χ2v) is 12.6. The molecule has 2 aliphatic rings. The molecule has 44 heavy (non-hydrogen) atoms. The molecule has 10 atom stereocenters. The number of imidazole rings is 1. The summed E-state index contributed by atoms with van der Waals surface area (Å²) in [5.41, 5.74) is 5.91. The van der Waals surface area contributed by atoms with Gasteiger partial charge in [-0.05, 0) is 6.07 Å². The fourth-order valence-corrected chi connectivity index (χ4v) is 6.60. The highest BCUT2D eigenvalue weighted by molar-refractivity contribution is 7.60. The van der Waals surface area contributed by atoms with Crippen LogP contribution in [-0.4, -0.2) is 106 Å². The first-order chi connectivity index (χ1) is 20.7. The van der Waals surface area contributed by atoms with Crippen molar-refractivity contribution in [1.29, 1.82) is 0 Å². The Bertz CT molecular complexity index is 1630. The zero-order valence-electron chi connectivity index (χ0n) is 22.1. The van der Waals surface area contributed by atoms with Gasteiger partial charge in [-0.2, -0.15) is 4.57 Å².